The standard InChI is InChI=1S/C21H20FN3O4S/c1-24-19(26)17(20(27)25(2)21(24)28)18(23-15-10-8-14(22)9-11-15)30-13-12-29-16-6-4-3-5-7-16/h3-11,26H,12-13H2,1-2H3. The molecule has 0 bridgehead atoms. The number of rotatable bonds is 6. The van der Waals surface area contributed by atoms with Crippen molar-refractivity contribution in [1.82, 2.24) is 9.13 Å². The maximum atomic E-state index is 13.2. The van der Waals surface area contributed by atoms with E-state index >= 15 is 0 Å². The fourth-order valence-corrected chi connectivity index (χ4v) is 3.48. The number of aliphatic imine (C=N–C) groups is 1. The van der Waals surface area contributed by atoms with Gasteiger partial charge in [-0.3, -0.25) is 13.9 Å². The average molecular weight is 429 g/mol. The van der Waals surface area contributed by atoms with Crippen molar-refractivity contribution in [1.29, 1.82) is 0 Å². The minimum atomic E-state index is -0.673. The average Bonchev–Trinajstić information content (AvgIpc) is 2.76. The van der Waals surface area contributed by atoms with Crippen LogP contribution in [-0.2, 0) is 14.1 Å². The summed E-state index contributed by atoms with van der Waals surface area (Å²) in [5.41, 5.74) is -1.03. The predicted octanol–water partition coefficient (Wildman–Crippen LogP) is 2.82. The summed E-state index contributed by atoms with van der Waals surface area (Å²) < 4.78 is 20.8. The van der Waals surface area contributed by atoms with Crippen molar-refractivity contribution in [3.63, 3.8) is 0 Å². The van der Waals surface area contributed by atoms with E-state index in [2.05, 4.69) is 4.99 Å². The molecule has 0 aliphatic carbocycles. The molecule has 0 atom stereocenters. The number of hydrogen-bond acceptors (Lipinski definition) is 6. The zero-order chi connectivity index (χ0) is 21.7. The van der Waals surface area contributed by atoms with Crippen molar-refractivity contribution in [2.45, 2.75) is 0 Å². The van der Waals surface area contributed by atoms with Crippen LogP contribution in [0, 0.1) is 5.82 Å². The van der Waals surface area contributed by atoms with Gasteiger partial charge in [0.15, 0.2) is 0 Å². The lowest BCUT2D eigenvalue weighted by molar-refractivity contribution is 0.344. The molecular formula is C21H20FN3O4S. The van der Waals surface area contributed by atoms with Gasteiger partial charge in [0.2, 0.25) is 5.88 Å². The monoisotopic (exact) mass is 429 g/mol. The van der Waals surface area contributed by atoms with Crippen LogP contribution >= 0.6 is 11.8 Å². The Morgan fingerprint density at radius 2 is 1.73 bits per heavy atom. The summed E-state index contributed by atoms with van der Waals surface area (Å²) in [7, 11) is 2.69. The van der Waals surface area contributed by atoms with E-state index in [4.69, 9.17) is 4.74 Å². The van der Waals surface area contributed by atoms with Gasteiger partial charge < -0.3 is 9.84 Å². The first-order chi connectivity index (χ1) is 14.4. The van der Waals surface area contributed by atoms with Crippen molar-refractivity contribution < 1.29 is 14.2 Å². The van der Waals surface area contributed by atoms with E-state index in [-0.39, 0.29) is 10.6 Å². The summed E-state index contributed by atoms with van der Waals surface area (Å²) in [6.07, 6.45) is 0. The topological polar surface area (TPSA) is 85.8 Å². The van der Waals surface area contributed by atoms with Crippen molar-refractivity contribution >= 4 is 22.5 Å². The van der Waals surface area contributed by atoms with Crippen LogP contribution in [-0.4, -0.2) is 31.6 Å². The molecule has 0 fully saturated rings. The molecule has 0 saturated carbocycles. The first-order valence-electron chi connectivity index (χ1n) is 9.02. The Bertz CT molecular complexity index is 1170. The first-order valence-corrected chi connectivity index (χ1v) is 10.0. The van der Waals surface area contributed by atoms with E-state index in [9.17, 15) is 19.1 Å². The zero-order valence-electron chi connectivity index (χ0n) is 16.4. The summed E-state index contributed by atoms with van der Waals surface area (Å²) in [4.78, 5) is 29.2. The Balaban J connectivity index is 1.93. The number of aromatic hydroxyl groups is 1. The predicted molar refractivity (Wildman–Crippen MR) is 116 cm³/mol. The highest BCUT2D eigenvalue weighted by molar-refractivity contribution is 8.14. The smallest absolute Gasteiger partial charge is 0.333 e. The molecule has 1 heterocycles. The molecule has 3 aromatic rings. The van der Waals surface area contributed by atoms with Gasteiger partial charge >= 0.3 is 5.69 Å². The van der Waals surface area contributed by atoms with Gasteiger partial charge in [-0.1, -0.05) is 18.2 Å². The van der Waals surface area contributed by atoms with Crippen LogP contribution in [0.25, 0.3) is 0 Å². The number of para-hydroxylation sites is 1. The Morgan fingerprint density at radius 1 is 1.07 bits per heavy atom. The Kier molecular flexibility index (Phi) is 6.73. The number of ether oxygens (including phenoxy) is 1. The van der Waals surface area contributed by atoms with Crippen LogP contribution in [0.15, 0.2) is 69.2 Å². The zero-order valence-corrected chi connectivity index (χ0v) is 17.2. The quantitative estimate of drug-likeness (QED) is 0.370. The summed E-state index contributed by atoms with van der Waals surface area (Å²) in [6, 6.07) is 14.7. The number of halogens is 1. The minimum absolute atomic E-state index is 0.103. The molecule has 0 unspecified atom stereocenters. The van der Waals surface area contributed by atoms with E-state index in [0.717, 1.165) is 9.13 Å². The van der Waals surface area contributed by atoms with Crippen molar-refractivity contribution in [2.24, 2.45) is 19.1 Å². The number of benzene rings is 2. The van der Waals surface area contributed by atoms with Crippen LogP contribution in [0.5, 0.6) is 11.6 Å². The molecule has 2 aromatic carbocycles. The molecule has 7 nitrogen and oxygen atoms in total. The van der Waals surface area contributed by atoms with E-state index < -0.39 is 22.9 Å². The molecule has 0 spiro atoms. The van der Waals surface area contributed by atoms with Gasteiger partial charge in [0.1, 0.15) is 22.2 Å². The maximum Gasteiger partial charge on any atom is 0.333 e. The number of thioether (sulfide) groups is 1. The van der Waals surface area contributed by atoms with Crippen LogP contribution in [0.3, 0.4) is 0 Å². The maximum absolute atomic E-state index is 13.2. The molecule has 0 saturated heterocycles. The lowest BCUT2D eigenvalue weighted by atomic mass is 10.3. The third-order valence-electron chi connectivity index (χ3n) is 4.24. The molecule has 156 valence electrons. The molecule has 1 aromatic heterocycles. The first kappa shape index (κ1) is 21.4. The van der Waals surface area contributed by atoms with Gasteiger partial charge in [-0.05, 0) is 36.4 Å². The second-order valence-electron chi connectivity index (χ2n) is 6.31. The van der Waals surface area contributed by atoms with Crippen LogP contribution in [0.4, 0.5) is 10.1 Å². The van der Waals surface area contributed by atoms with Gasteiger partial charge in [0.05, 0.1) is 12.3 Å². The highest BCUT2D eigenvalue weighted by Gasteiger charge is 2.21. The lowest BCUT2D eigenvalue weighted by Gasteiger charge is -2.13. The fraction of sp³-hybridized carbons (Fsp3) is 0.190. The highest BCUT2D eigenvalue weighted by atomic mass is 32.2. The van der Waals surface area contributed by atoms with Gasteiger partial charge in [-0.25, -0.2) is 14.2 Å². The second-order valence-corrected chi connectivity index (χ2v) is 7.39. The summed E-state index contributed by atoms with van der Waals surface area (Å²) in [6.45, 7) is 0.323. The number of nitrogens with zero attached hydrogens (tertiary/aromatic N) is 3. The van der Waals surface area contributed by atoms with Gasteiger partial charge in [-0.2, -0.15) is 0 Å². The SMILES string of the molecule is Cn1c(O)c(C(=Nc2ccc(F)cc2)SCCOc2ccccc2)c(=O)n(C)c1=O. The normalized spacial score (nSPS) is 11.5. The van der Waals surface area contributed by atoms with Crippen molar-refractivity contribution in [3.05, 3.63) is 86.8 Å². The third-order valence-corrected chi connectivity index (χ3v) is 5.18. The van der Waals surface area contributed by atoms with Crippen molar-refractivity contribution in [2.75, 3.05) is 12.4 Å². The van der Waals surface area contributed by atoms with E-state index in [1.54, 1.807) is 0 Å². The summed E-state index contributed by atoms with van der Waals surface area (Å²) in [5.74, 6) is 0.220. The van der Waals surface area contributed by atoms with Crippen molar-refractivity contribution in [3.8, 4) is 11.6 Å². The fourth-order valence-electron chi connectivity index (χ4n) is 2.63. The largest absolute Gasteiger partial charge is 0.494 e. The van der Waals surface area contributed by atoms with Gasteiger partial charge in [0, 0.05) is 19.8 Å². The molecule has 0 aliphatic rings. The summed E-state index contributed by atoms with van der Waals surface area (Å²) >= 11 is 1.19. The Labute approximate surface area is 176 Å². The molecule has 9 heteroatoms. The minimum Gasteiger partial charge on any atom is -0.494 e. The second kappa shape index (κ2) is 9.45. The molecular weight excluding hydrogens is 409 g/mol. The molecule has 30 heavy (non-hydrogen) atoms. The molecule has 3 rings (SSSR count). The molecule has 1 N–H and O–H groups in total. The lowest BCUT2D eigenvalue weighted by Crippen LogP contribution is -2.39. The number of aromatic nitrogens is 2. The van der Waals surface area contributed by atoms with Crippen LogP contribution in [0.2, 0.25) is 0 Å². The third kappa shape index (κ3) is 4.80. The van der Waals surface area contributed by atoms with E-state index in [1.165, 1.54) is 50.1 Å². The van der Waals surface area contributed by atoms with Gasteiger partial charge in [0.25, 0.3) is 5.56 Å². The molecule has 0 amide bonds. The van der Waals surface area contributed by atoms with E-state index in [0.29, 0.717) is 23.8 Å². The van der Waals surface area contributed by atoms with Crippen LogP contribution < -0.4 is 16.0 Å². The number of hydrogen-bond donors (Lipinski definition) is 1. The Morgan fingerprint density at radius 3 is 2.40 bits per heavy atom. The summed E-state index contributed by atoms with van der Waals surface area (Å²) in [5, 5.41) is 10.7. The molecule has 0 aliphatic heterocycles. The Hall–Kier alpha value is -3.33. The van der Waals surface area contributed by atoms with Crippen LogP contribution in [0.1, 0.15) is 5.56 Å². The van der Waals surface area contributed by atoms with Gasteiger partial charge in [-0.15, -0.1) is 11.8 Å². The van der Waals surface area contributed by atoms with E-state index in [1.807, 2.05) is 30.3 Å². The highest BCUT2D eigenvalue weighted by Crippen LogP contribution is 2.23. The molecule has 0 radical (unpaired) electrons.